The van der Waals surface area contributed by atoms with E-state index in [0.29, 0.717) is 18.1 Å². The van der Waals surface area contributed by atoms with Crippen molar-refractivity contribution in [1.82, 2.24) is 15.2 Å². The van der Waals surface area contributed by atoms with Gasteiger partial charge in [0, 0.05) is 31.2 Å². The zero-order chi connectivity index (χ0) is 14.7. The Bertz CT molecular complexity index is 401. The van der Waals surface area contributed by atoms with Gasteiger partial charge < -0.3 is 10.2 Å². The summed E-state index contributed by atoms with van der Waals surface area (Å²) in [5.41, 5.74) is 2.38. The van der Waals surface area contributed by atoms with E-state index in [1.165, 1.54) is 5.69 Å². The lowest BCUT2D eigenvalue weighted by Crippen LogP contribution is -2.55. The van der Waals surface area contributed by atoms with Crippen LogP contribution in [0.15, 0.2) is 18.3 Å². The number of piperazine rings is 1. The molecule has 3 atom stereocenters. The summed E-state index contributed by atoms with van der Waals surface area (Å²) in [6.07, 6.45) is 3.09. The largest absolute Gasteiger partial charge is 0.367 e. The fraction of sp³-hybridized carbons (Fsp3) is 0.688. The smallest absolute Gasteiger partial charge is 0.0574 e. The Kier molecular flexibility index (Phi) is 5.00. The molecule has 4 nitrogen and oxygen atoms in total. The third-order valence-electron chi connectivity index (χ3n) is 4.61. The standard InChI is InChI=1S/C16H28N4/c1-6-15(17-4)16-8-7-14(9-18-16)20-10-12(2)19(5)13(3)11-20/h7-9,12-13,15,17H,6,10-11H2,1-5H3. The Labute approximate surface area is 123 Å². The van der Waals surface area contributed by atoms with Crippen molar-refractivity contribution >= 4 is 5.69 Å². The molecular formula is C16H28N4. The molecule has 0 amide bonds. The van der Waals surface area contributed by atoms with Crippen LogP contribution in [0.25, 0.3) is 0 Å². The normalized spacial score (nSPS) is 25.8. The Balaban J connectivity index is 2.10. The van der Waals surface area contributed by atoms with Crippen molar-refractivity contribution in [2.24, 2.45) is 0 Å². The van der Waals surface area contributed by atoms with E-state index in [0.717, 1.165) is 25.2 Å². The number of hydrogen-bond acceptors (Lipinski definition) is 4. The van der Waals surface area contributed by atoms with Gasteiger partial charge in [0.2, 0.25) is 0 Å². The summed E-state index contributed by atoms with van der Waals surface area (Å²) in [6.45, 7) is 8.91. The SMILES string of the molecule is CCC(NC)c1ccc(N2CC(C)N(C)C(C)C2)cn1. The highest BCUT2D eigenvalue weighted by Crippen LogP contribution is 2.22. The van der Waals surface area contributed by atoms with Crippen LogP contribution in [0, 0.1) is 0 Å². The molecule has 1 saturated heterocycles. The van der Waals surface area contributed by atoms with E-state index in [1.807, 2.05) is 13.2 Å². The topological polar surface area (TPSA) is 31.4 Å². The van der Waals surface area contributed by atoms with Crippen LogP contribution in [-0.2, 0) is 0 Å². The number of pyridine rings is 1. The highest BCUT2D eigenvalue weighted by atomic mass is 15.3. The second kappa shape index (κ2) is 6.55. The van der Waals surface area contributed by atoms with Crippen LogP contribution in [0.4, 0.5) is 5.69 Å². The molecule has 0 bridgehead atoms. The average molecular weight is 276 g/mol. The fourth-order valence-corrected chi connectivity index (χ4v) is 2.97. The summed E-state index contributed by atoms with van der Waals surface area (Å²) in [5.74, 6) is 0. The molecular weight excluding hydrogens is 248 g/mol. The second-order valence-electron chi connectivity index (χ2n) is 5.96. The summed E-state index contributed by atoms with van der Waals surface area (Å²) in [7, 11) is 4.21. The first-order valence-electron chi connectivity index (χ1n) is 7.66. The molecule has 0 aliphatic carbocycles. The second-order valence-corrected chi connectivity index (χ2v) is 5.96. The third kappa shape index (κ3) is 3.13. The average Bonchev–Trinajstić information content (AvgIpc) is 2.46. The van der Waals surface area contributed by atoms with Gasteiger partial charge in [-0.05, 0) is 46.5 Å². The lowest BCUT2D eigenvalue weighted by atomic mass is 10.1. The van der Waals surface area contributed by atoms with Gasteiger partial charge in [-0.3, -0.25) is 9.88 Å². The van der Waals surface area contributed by atoms with Crippen molar-refractivity contribution in [3.05, 3.63) is 24.0 Å². The van der Waals surface area contributed by atoms with Crippen LogP contribution in [-0.4, -0.2) is 49.2 Å². The molecule has 0 saturated carbocycles. The minimum atomic E-state index is 0.356. The third-order valence-corrected chi connectivity index (χ3v) is 4.61. The van der Waals surface area contributed by atoms with Crippen molar-refractivity contribution < 1.29 is 0 Å². The maximum absolute atomic E-state index is 4.65. The van der Waals surface area contributed by atoms with E-state index in [4.69, 9.17) is 0 Å². The Hall–Kier alpha value is -1.13. The molecule has 0 radical (unpaired) electrons. The predicted molar refractivity (Wildman–Crippen MR) is 85.2 cm³/mol. The molecule has 3 unspecified atom stereocenters. The fourth-order valence-electron chi connectivity index (χ4n) is 2.97. The van der Waals surface area contributed by atoms with Gasteiger partial charge in [0.1, 0.15) is 0 Å². The van der Waals surface area contributed by atoms with Gasteiger partial charge >= 0.3 is 0 Å². The van der Waals surface area contributed by atoms with Crippen molar-refractivity contribution in [2.75, 3.05) is 32.1 Å². The molecule has 1 aromatic rings. The van der Waals surface area contributed by atoms with Crippen molar-refractivity contribution in [3.8, 4) is 0 Å². The van der Waals surface area contributed by atoms with Crippen molar-refractivity contribution in [2.45, 2.75) is 45.3 Å². The van der Waals surface area contributed by atoms with E-state index >= 15 is 0 Å². The van der Waals surface area contributed by atoms with Crippen LogP contribution >= 0.6 is 0 Å². The minimum Gasteiger partial charge on any atom is -0.367 e. The summed E-state index contributed by atoms with van der Waals surface area (Å²) in [4.78, 5) is 9.55. The van der Waals surface area contributed by atoms with E-state index in [-0.39, 0.29) is 0 Å². The molecule has 4 heteroatoms. The molecule has 1 aromatic heterocycles. The first kappa shape index (κ1) is 15.3. The molecule has 0 aromatic carbocycles. The zero-order valence-electron chi connectivity index (χ0n) is 13.4. The van der Waals surface area contributed by atoms with Gasteiger partial charge in [-0.1, -0.05) is 6.92 Å². The Morgan fingerprint density at radius 1 is 1.30 bits per heavy atom. The lowest BCUT2D eigenvalue weighted by Gasteiger charge is -2.43. The molecule has 20 heavy (non-hydrogen) atoms. The van der Waals surface area contributed by atoms with Crippen LogP contribution in [0.2, 0.25) is 0 Å². The summed E-state index contributed by atoms with van der Waals surface area (Å²) < 4.78 is 0. The summed E-state index contributed by atoms with van der Waals surface area (Å²) in [6, 6.07) is 5.90. The molecule has 1 N–H and O–H groups in total. The van der Waals surface area contributed by atoms with E-state index in [2.05, 4.69) is 60.1 Å². The number of nitrogens with one attached hydrogen (secondary N) is 1. The van der Waals surface area contributed by atoms with E-state index in [9.17, 15) is 0 Å². The Morgan fingerprint density at radius 2 is 1.95 bits per heavy atom. The number of nitrogens with zero attached hydrogens (tertiary/aromatic N) is 3. The molecule has 1 aliphatic rings. The first-order chi connectivity index (χ1) is 9.56. The number of rotatable bonds is 4. The van der Waals surface area contributed by atoms with Gasteiger partial charge in [-0.2, -0.15) is 0 Å². The number of anilines is 1. The monoisotopic (exact) mass is 276 g/mol. The predicted octanol–water partition coefficient (Wildman–Crippen LogP) is 2.28. The molecule has 1 aliphatic heterocycles. The van der Waals surface area contributed by atoms with Gasteiger partial charge in [0.25, 0.3) is 0 Å². The van der Waals surface area contributed by atoms with Crippen LogP contribution < -0.4 is 10.2 Å². The van der Waals surface area contributed by atoms with Gasteiger partial charge in [0.15, 0.2) is 0 Å². The maximum Gasteiger partial charge on any atom is 0.0574 e. The molecule has 0 spiro atoms. The van der Waals surface area contributed by atoms with Crippen LogP contribution in [0.1, 0.15) is 38.9 Å². The van der Waals surface area contributed by atoms with Gasteiger partial charge in [-0.25, -0.2) is 0 Å². The number of hydrogen-bond donors (Lipinski definition) is 1. The first-order valence-corrected chi connectivity index (χ1v) is 7.66. The van der Waals surface area contributed by atoms with Crippen molar-refractivity contribution in [3.63, 3.8) is 0 Å². The van der Waals surface area contributed by atoms with E-state index in [1.54, 1.807) is 0 Å². The zero-order valence-corrected chi connectivity index (χ0v) is 13.4. The molecule has 2 rings (SSSR count). The maximum atomic E-state index is 4.65. The highest BCUT2D eigenvalue weighted by molar-refractivity contribution is 5.46. The number of aromatic nitrogens is 1. The van der Waals surface area contributed by atoms with Crippen LogP contribution in [0.5, 0.6) is 0 Å². The van der Waals surface area contributed by atoms with Crippen LogP contribution in [0.3, 0.4) is 0 Å². The quantitative estimate of drug-likeness (QED) is 0.914. The molecule has 1 fully saturated rings. The molecule has 2 heterocycles. The van der Waals surface area contributed by atoms with E-state index < -0.39 is 0 Å². The Morgan fingerprint density at radius 3 is 2.40 bits per heavy atom. The summed E-state index contributed by atoms with van der Waals surface area (Å²) >= 11 is 0. The van der Waals surface area contributed by atoms with Gasteiger partial charge in [0.05, 0.1) is 17.6 Å². The number of likely N-dealkylation sites (N-methyl/N-ethyl adjacent to an activating group) is 1. The summed E-state index contributed by atoms with van der Waals surface area (Å²) in [5, 5.41) is 3.30. The highest BCUT2D eigenvalue weighted by Gasteiger charge is 2.26. The lowest BCUT2D eigenvalue weighted by molar-refractivity contribution is 0.170. The van der Waals surface area contributed by atoms with Gasteiger partial charge in [-0.15, -0.1) is 0 Å². The van der Waals surface area contributed by atoms with Crippen molar-refractivity contribution in [1.29, 1.82) is 0 Å². The minimum absolute atomic E-state index is 0.356. The molecule has 112 valence electrons.